The smallest absolute Gasteiger partial charge is 0.353 e. The van der Waals surface area contributed by atoms with Crippen molar-refractivity contribution in [1.29, 1.82) is 0 Å². The first-order valence-electron chi connectivity index (χ1n) is 8.65. The van der Waals surface area contributed by atoms with Gasteiger partial charge in [-0.05, 0) is 17.7 Å². The number of nitrogen functional groups attached to an aromatic ring is 1. The molecule has 4 rings (SSSR count). The zero-order chi connectivity index (χ0) is 21.4. The third-order valence-corrected chi connectivity index (χ3v) is 4.42. The number of carboxylic acids is 1. The molecule has 0 saturated heterocycles. The molecule has 150 valence electrons. The molecule has 0 unspecified atom stereocenters. The molecular formula is C19H14N6O5. The summed E-state index contributed by atoms with van der Waals surface area (Å²) in [6.45, 7) is 0.111. The number of imidazole rings is 1. The van der Waals surface area contributed by atoms with Crippen molar-refractivity contribution in [2.45, 2.75) is 6.54 Å². The van der Waals surface area contributed by atoms with Gasteiger partial charge in [-0.2, -0.15) is 0 Å². The number of amides is 1. The van der Waals surface area contributed by atoms with E-state index in [1.54, 1.807) is 24.3 Å². The number of nitrogens with two attached hydrogens (primary N) is 1. The first-order valence-corrected chi connectivity index (χ1v) is 8.65. The first-order chi connectivity index (χ1) is 14.3. The minimum Gasteiger partial charge on any atom is -0.477 e. The normalized spacial score (nSPS) is 10.9. The van der Waals surface area contributed by atoms with Crippen LogP contribution in [0.2, 0.25) is 0 Å². The van der Waals surface area contributed by atoms with Crippen LogP contribution in [0.15, 0.2) is 52.3 Å². The van der Waals surface area contributed by atoms with E-state index >= 15 is 0 Å². The number of fused-ring (bicyclic) bond motifs is 1. The fraction of sp³-hybridized carbons (Fsp3) is 0.0526. The zero-order valence-electron chi connectivity index (χ0n) is 15.2. The summed E-state index contributed by atoms with van der Waals surface area (Å²) in [7, 11) is 0. The van der Waals surface area contributed by atoms with Crippen LogP contribution in [0.1, 0.15) is 26.5 Å². The fourth-order valence-electron chi connectivity index (χ4n) is 2.90. The van der Waals surface area contributed by atoms with Crippen LogP contribution in [0.5, 0.6) is 0 Å². The molecule has 11 nitrogen and oxygen atoms in total. The SMILES string of the molecule is Nc1c(Nc2cccc(CNC(=O)c3cc(C(=O)O)n4ccnc4n3)c2)c(=O)c1=O. The summed E-state index contributed by atoms with van der Waals surface area (Å²) >= 11 is 0. The van der Waals surface area contributed by atoms with Crippen molar-refractivity contribution in [2.75, 3.05) is 11.1 Å². The molecule has 0 aliphatic rings. The van der Waals surface area contributed by atoms with Gasteiger partial charge in [0.25, 0.3) is 16.8 Å². The van der Waals surface area contributed by atoms with Gasteiger partial charge in [-0.25, -0.2) is 14.8 Å². The van der Waals surface area contributed by atoms with Crippen molar-refractivity contribution in [3.63, 3.8) is 0 Å². The number of nitrogens with zero attached hydrogens (tertiary/aromatic N) is 3. The van der Waals surface area contributed by atoms with Crippen LogP contribution in [-0.4, -0.2) is 31.4 Å². The Morgan fingerprint density at radius 2 is 1.97 bits per heavy atom. The molecular weight excluding hydrogens is 392 g/mol. The maximum absolute atomic E-state index is 12.5. The Hall–Kier alpha value is -4.54. The Labute approximate surface area is 167 Å². The summed E-state index contributed by atoms with van der Waals surface area (Å²) in [6.07, 6.45) is 2.83. The van der Waals surface area contributed by atoms with Crippen LogP contribution in [0.3, 0.4) is 0 Å². The highest BCUT2D eigenvalue weighted by molar-refractivity contribution is 5.95. The summed E-state index contributed by atoms with van der Waals surface area (Å²) < 4.78 is 1.27. The van der Waals surface area contributed by atoms with Crippen LogP contribution in [-0.2, 0) is 6.54 Å². The third kappa shape index (κ3) is 3.24. The molecule has 0 fully saturated rings. The van der Waals surface area contributed by atoms with Gasteiger partial charge in [0.05, 0.1) is 0 Å². The van der Waals surface area contributed by atoms with Gasteiger partial charge in [0.1, 0.15) is 22.8 Å². The molecule has 0 spiro atoms. The molecule has 0 saturated carbocycles. The molecule has 30 heavy (non-hydrogen) atoms. The predicted octanol–water partition coefficient (Wildman–Crippen LogP) is 0.279. The number of hydrogen-bond acceptors (Lipinski definition) is 8. The Morgan fingerprint density at radius 3 is 2.70 bits per heavy atom. The van der Waals surface area contributed by atoms with Crippen molar-refractivity contribution < 1.29 is 14.7 Å². The molecule has 0 aliphatic heterocycles. The lowest BCUT2D eigenvalue weighted by Crippen LogP contribution is -2.36. The van der Waals surface area contributed by atoms with E-state index < -0.39 is 22.7 Å². The molecule has 2 aromatic heterocycles. The Balaban J connectivity index is 1.49. The highest BCUT2D eigenvalue weighted by atomic mass is 16.4. The van der Waals surface area contributed by atoms with Crippen molar-refractivity contribution in [3.8, 4) is 0 Å². The van der Waals surface area contributed by atoms with E-state index in [1.165, 1.54) is 22.9 Å². The lowest BCUT2D eigenvalue weighted by atomic mass is 10.1. The van der Waals surface area contributed by atoms with E-state index in [1.807, 2.05) is 0 Å². The molecule has 5 N–H and O–H groups in total. The van der Waals surface area contributed by atoms with Gasteiger partial charge < -0.3 is 21.5 Å². The Morgan fingerprint density at radius 1 is 1.17 bits per heavy atom. The number of benzene rings is 1. The van der Waals surface area contributed by atoms with E-state index in [-0.39, 0.29) is 35.1 Å². The second kappa shape index (κ2) is 7.13. The standard InChI is InChI=1S/C19H14N6O5/c20-13-14(16(27)15(13)26)23-10-3-1-2-9(6-10)8-22-17(28)11-7-12(18(29)30)25-5-4-21-19(25)24-11/h1-7,23H,8,20H2,(H,22,28)(H,29,30). The predicted molar refractivity (Wildman–Crippen MR) is 107 cm³/mol. The van der Waals surface area contributed by atoms with Gasteiger partial charge >= 0.3 is 5.97 Å². The zero-order valence-corrected chi connectivity index (χ0v) is 15.2. The first kappa shape index (κ1) is 18.8. The van der Waals surface area contributed by atoms with Crippen molar-refractivity contribution in [3.05, 3.63) is 80.1 Å². The molecule has 0 radical (unpaired) electrons. The molecule has 2 aromatic carbocycles. The van der Waals surface area contributed by atoms with E-state index in [0.717, 1.165) is 0 Å². The van der Waals surface area contributed by atoms with Gasteiger partial charge in [0.15, 0.2) is 0 Å². The van der Waals surface area contributed by atoms with Gasteiger partial charge in [-0.3, -0.25) is 18.8 Å². The summed E-state index contributed by atoms with van der Waals surface area (Å²) in [4.78, 5) is 54.6. The second-order valence-electron chi connectivity index (χ2n) is 6.38. The number of rotatable bonds is 6. The average molecular weight is 406 g/mol. The second-order valence-corrected chi connectivity index (χ2v) is 6.38. The molecule has 4 aromatic rings. The summed E-state index contributed by atoms with van der Waals surface area (Å²) in [5, 5.41) is 14.8. The van der Waals surface area contributed by atoms with Gasteiger partial charge in [0.2, 0.25) is 5.78 Å². The average Bonchev–Trinajstić information content (AvgIpc) is 3.23. The van der Waals surface area contributed by atoms with Crippen LogP contribution in [0.4, 0.5) is 17.1 Å². The minimum absolute atomic E-state index is 0.0413. The van der Waals surface area contributed by atoms with Crippen molar-refractivity contribution >= 4 is 34.7 Å². The number of anilines is 3. The largest absolute Gasteiger partial charge is 0.477 e. The lowest BCUT2D eigenvalue weighted by Gasteiger charge is -2.11. The molecule has 1 amide bonds. The number of carbonyl (C=O) groups is 2. The minimum atomic E-state index is -1.22. The number of carboxylic acid groups (broad SMARTS) is 1. The third-order valence-electron chi connectivity index (χ3n) is 4.42. The topological polar surface area (TPSA) is 169 Å². The van der Waals surface area contributed by atoms with E-state index in [9.17, 15) is 24.3 Å². The summed E-state index contributed by atoms with van der Waals surface area (Å²) in [5.41, 5.74) is 5.01. The molecule has 0 atom stereocenters. The van der Waals surface area contributed by atoms with Crippen molar-refractivity contribution in [2.24, 2.45) is 0 Å². The maximum atomic E-state index is 12.5. The van der Waals surface area contributed by atoms with Crippen LogP contribution >= 0.6 is 0 Å². The quantitative estimate of drug-likeness (QED) is 0.329. The number of aromatic carboxylic acids is 1. The number of carbonyl (C=O) groups excluding carboxylic acids is 1. The number of nitrogens with one attached hydrogen (secondary N) is 2. The molecule has 11 heteroatoms. The van der Waals surface area contributed by atoms with Crippen LogP contribution in [0.25, 0.3) is 5.78 Å². The Bertz CT molecular complexity index is 1380. The highest BCUT2D eigenvalue weighted by Gasteiger charge is 2.18. The monoisotopic (exact) mass is 406 g/mol. The molecule has 2 heterocycles. The molecule has 0 bridgehead atoms. The van der Waals surface area contributed by atoms with Gasteiger partial charge in [-0.1, -0.05) is 12.1 Å². The number of aromatic nitrogens is 3. The lowest BCUT2D eigenvalue weighted by molar-refractivity contribution is 0.0688. The maximum Gasteiger partial charge on any atom is 0.353 e. The van der Waals surface area contributed by atoms with Gasteiger partial charge in [0, 0.05) is 30.7 Å². The Kier molecular flexibility index (Phi) is 4.47. The van der Waals surface area contributed by atoms with Crippen LogP contribution in [0, 0.1) is 0 Å². The summed E-state index contributed by atoms with van der Waals surface area (Å²) in [5.74, 6) is -1.70. The van der Waals surface area contributed by atoms with Crippen molar-refractivity contribution in [1.82, 2.24) is 19.7 Å². The highest BCUT2D eigenvalue weighted by Crippen LogP contribution is 2.19. The molecule has 0 aliphatic carbocycles. The van der Waals surface area contributed by atoms with E-state index in [0.29, 0.717) is 11.3 Å². The fourth-order valence-corrected chi connectivity index (χ4v) is 2.90. The van der Waals surface area contributed by atoms with E-state index in [4.69, 9.17) is 5.73 Å². The summed E-state index contributed by atoms with van der Waals surface area (Å²) in [6, 6.07) is 7.95. The van der Waals surface area contributed by atoms with E-state index in [2.05, 4.69) is 20.6 Å². The number of hydrogen-bond donors (Lipinski definition) is 4. The van der Waals surface area contributed by atoms with Crippen LogP contribution < -0.4 is 27.2 Å². The van der Waals surface area contributed by atoms with Gasteiger partial charge in [-0.15, -0.1) is 0 Å².